The maximum atomic E-state index is 13.0. The van der Waals surface area contributed by atoms with Crippen molar-refractivity contribution in [3.63, 3.8) is 0 Å². The standard InChI is InChI=1S/C28H24N2O5S2/c1-17-3-4-18(2)22(11-17)29-26(31)15-33-21-8-5-19(6-9-21)13-25-27(32)30(28(36)37-25)14-20-7-10-23-24(12-20)35-16-34-23/h3-13H,14-16H2,1-2H3,(H,29,31)/b25-13-. The molecule has 0 radical (unpaired) electrons. The highest BCUT2D eigenvalue weighted by atomic mass is 32.2. The third-order valence-electron chi connectivity index (χ3n) is 5.87. The van der Waals surface area contributed by atoms with Crippen molar-refractivity contribution < 1.29 is 23.8 Å². The number of anilines is 1. The van der Waals surface area contributed by atoms with Crippen LogP contribution in [0.3, 0.4) is 0 Å². The van der Waals surface area contributed by atoms with Crippen LogP contribution in [-0.2, 0) is 16.1 Å². The number of rotatable bonds is 7. The summed E-state index contributed by atoms with van der Waals surface area (Å²) in [7, 11) is 0. The van der Waals surface area contributed by atoms with Gasteiger partial charge in [0.15, 0.2) is 18.1 Å². The van der Waals surface area contributed by atoms with Gasteiger partial charge in [-0.25, -0.2) is 0 Å². The zero-order chi connectivity index (χ0) is 25.9. The first-order valence-corrected chi connectivity index (χ1v) is 12.8. The molecule has 37 heavy (non-hydrogen) atoms. The third-order valence-corrected chi connectivity index (χ3v) is 7.24. The second-order valence-corrected chi connectivity index (χ2v) is 10.4. The number of thiocarbonyl (C=S) groups is 1. The van der Waals surface area contributed by atoms with Crippen molar-refractivity contribution >= 4 is 51.9 Å². The van der Waals surface area contributed by atoms with Crippen molar-refractivity contribution in [1.29, 1.82) is 0 Å². The Morgan fingerprint density at radius 3 is 2.68 bits per heavy atom. The van der Waals surface area contributed by atoms with Gasteiger partial charge in [-0.3, -0.25) is 14.5 Å². The molecule has 1 fully saturated rings. The van der Waals surface area contributed by atoms with Crippen LogP contribution in [0.15, 0.2) is 65.6 Å². The van der Waals surface area contributed by atoms with Crippen LogP contribution < -0.4 is 19.5 Å². The monoisotopic (exact) mass is 532 g/mol. The van der Waals surface area contributed by atoms with Crippen LogP contribution in [0.1, 0.15) is 22.3 Å². The molecular formula is C28H24N2O5S2. The highest BCUT2D eigenvalue weighted by molar-refractivity contribution is 8.26. The van der Waals surface area contributed by atoms with E-state index in [1.54, 1.807) is 23.1 Å². The van der Waals surface area contributed by atoms with E-state index in [1.165, 1.54) is 11.8 Å². The largest absolute Gasteiger partial charge is 0.484 e. The van der Waals surface area contributed by atoms with Crippen LogP contribution in [0.4, 0.5) is 5.69 Å². The summed E-state index contributed by atoms with van der Waals surface area (Å²) in [5, 5.41) is 2.88. The van der Waals surface area contributed by atoms with E-state index in [1.807, 2.05) is 62.4 Å². The molecule has 0 bridgehead atoms. The zero-order valence-corrected chi connectivity index (χ0v) is 21.9. The highest BCUT2D eigenvalue weighted by Gasteiger charge is 2.32. The average Bonchev–Trinajstić information content (AvgIpc) is 3.45. The summed E-state index contributed by atoms with van der Waals surface area (Å²) in [5.41, 5.74) is 4.58. The van der Waals surface area contributed by atoms with E-state index in [0.717, 1.165) is 27.9 Å². The van der Waals surface area contributed by atoms with Crippen molar-refractivity contribution in [3.8, 4) is 17.2 Å². The summed E-state index contributed by atoms with van der Waals surface area (Å²) in [5.74, 6) is 1.55. The van der Waals surface area contributed by atoms with Crippen LogP contribution in [0.25, 0.3) is 6.08 Å². The number of nitrogens with zero attached hydrogens (tertiary/aromatic N) is 1. The second kappa shape index (κ2) is 10.7. The Morgan fingerprint density at radius 2 is 1.86 bits per heavy atom. The van der Waals surface area contributed by atoms with Crippen molar-refractivity contribution in [2.75, 3.05) is 18.7 Å². The van der Waals surface area contributed by atoms with Gasteiger partial charge in [0.05, 0.1) is 11.4 Å². The summed E-state index contributed by atoms with van der Waals surface area (Å²) in [6.07, 6.45) is 1.80. The fourth-order valence-corrected chi connectivity index (χ4v) is 5.13. The lowest BCUT2D eigenvalue weighted by Gasteiger charge is -2.14. The molecular weight excluding hydrogens is 508 g/mol. The topological polar surface area (TPSA) is 77.1 Å². The van der Waals surface area contributed by atoms with E-state index in [-0.39, 0.29) is 25.2 Å². The predicted molar refractivity (Wildman–Crippen MR) is 148 cm³/mol. The number of ether oxygens (including phenoxy) is 3. The zero-order valence-electron chi connectivity index (χ0n) is 20.3. The lowest BCUT2D eigenvalue weighted by molar-refractivity contribution is -0.122. The maximum Gasteiger partial charge on any atom is 0.266 e. The number of carbonyl (C=O) groups excluding carboxylic acids is 2. The van der Waals surface area contributed by atoms with Crippen LogP contribution >= 0.6 is 24.0 Å². The van der Waals surface area contributed by atoms with Gasteiger partial charge in [-0.1, -0.05) is 54.3 Å². The molecule has 0 saturated carbocycles. The summed E-state index contributed by atoms with van der Waals surface area (Å²) < 4.78 is 16.9. The van der Waals surface area contributed by atoms with Gasteiger partial charge >= 0.3 is 0 Å². The van der Waals surface area contributed by atoms with Gasteiger partial charge in [-0.05, 0) is 72.5 Å². The molecule has 188 valence electrons. The molecule has 0 aromatic heterocycles. The first-order chi connectivity index (χ1) is 17.9. The predicted octanol–water partition coefficient (Wildman–Crippen LogP) is 5.45. The molecule has 0 atom stereocenters. The molecule has 0 aliphatic carbocycles. The number of aryl methyl sites for hydroxylation is 2. The lowest BCUT2D eigenvalue weighted by Crippen LogP contribution is -2.27. The lowest BCUT2D eigenvalue weighted by atomic mass is 10.1. The van der Waals surface area contributed by atoms with Crippen LogP contribution in [-0.4, -0.2) is 34.4 Å². The molecule has 0 unspecified atom stereocenters. The quantitative estimate of drug-likeness (QED) is 0.320. The van der Waals surface area contributed by atoms with E-state index >= 15 is 0 Å². The number of hydrogen-bond donors (Lipinski definition) is 1. The van der Waals surface area contributed by atoms with E-state index < -0.39 is 0 Å². The summed E-state index contributed by atoms with van der Waals surface area (Å²) >= 11 is 6.74. The van der Waals surface area contributed by atoms with Crippen LogP contribution in [0.5, 0.6) is 17.2 Å². The summed E-state index contributed by atoms with van der Waals surface area (Å²) in [4.78, 5) is 27.5. The van der Waals surface area contributed by atoms with E-state index in [9.17, 15) is 9.59 Å². The van der Waals surface area contributed by atoms with Crippen LogP contribution in [0, 0.1) is 13.8 Å². The van der Waals surface area contributed by atoms with E-state index in [2.05, 4.69) is 5.32 Å². The first-order valence-electron chi connectivity index (χ1n) is 11.6. The Bertz CT molecular complexity index is 1420. The maximum absolute atomic E-state index is 13.0. The van der Waals surface area contributed by atoms with Crippen molar-refractivity contribution in [1.82, 2.24) is 4.90 Å². The molecule has 2 aliphatic rings. The van der Waals surface area contributed by atoms with Crippen LogP contribution in [0.2, 0.25) is 0 Å². The SMILES string of the molecule is Cc1ccc(C)c(NC(=O)COc2ccc(/C=C3\SC(=S)N(Cc4ccc5c(c4)OCO5)C3=O)cc2)c1. The molecule has 2 heterocycles. The molecule has 3 aromatic carbocycles. The Hall–Kier alpha value is -3.82. The number of carbonyl (C=O) groups is 2. The normalized spacial score (nSPS) is 15.4. The fraction of sp³-hybridized carbons (Fsp3) is 0.179. The number of hydrogen-bond acceptors (Lipinski definition) is 7. The molecule has 9 heteroatoms. The Kier molecular flexibility index (Phi) is 7.16. The fourth-order valence-electron chi connectivity index (χ4n) is 3.88. The van der Waals surface area contributed by atoms with Crippen molar-refractivity contribution in [2.45, 2.75) is 20.4 Å². The molecule has 2 amide bonds. The number of fused-ring (bicyclic) bond motifs is 1. The Balaban J connectivity index is 1.18. The number of thioether (sulfide) groups is 1. The minimum absolute atomic E-state index is 0.106. The summed E-state index contributed by atoms with van der Waals surface area (Å²) in [6, 6.07) is 18.7. The molecule has 1 saturated heterocycles. The minimum Gasteiger partial charge on any atom is -0.484 e. The van der Waals surface area contributed by atoms with Gasteiger partial charge in [0.1, 0.15) is 10.1 Å². The molecule has 5 rings (SSSR count). The Labute approximate surface area is 224 Å². The minimum atomic E-state index is -0.232. The number of nitrogens with one attached hydrogen (secondary N) is 1. The third kappa shape index (κ3) is 5.79. The van der Waals surface area contributed by atoms with Gasteiger partial charge < -0.3 is 19.5 Å². The summed E-state index contributed by atoms with van der Waals surface area (Å²) in [6.45, 7) is 4.37. The molecule has 1 N–H and O–H groups in total. The highest BCUT2D eigenvalue weighted by Crippen LogP contribution is 2.36. The number of benzene rings is 3. The average molecular weight is 533 g/mol. The molecule has 7 nitrogen and oxygen atoms in total. The smallest absolute Gasteiger partial charge is 0.266 e. The number of amides is 2. The van der Waals surface area contributed by atoms with Gasteiger partial charge in [0, 0.05) is 5.69 Å². The van der Waals surface area contributed by atoms with Crippen molar-refractivity contribution in [2.24, 2.45) is 0 Å². The first kappa shape index (κ1) is 24.9. The van der Waals surface area contributed by atoms with Gasteiger partial charge in [0.2, 0.25) is 6.79 Å². The van der Waals surface area contributed by atoms with Gasteiger partial charge in [0.25, 0.3) is 11.8 Å². The van der Waals surface area contributed by atoms with E-state index in [0.29, 0.717) is 33.0 Å². The molecule has 0 spiro atoms. The molecule has 2 aliphatic heterocycles. The second-order valence-electron chi connectivity index (χ2n) is 8.68. The van der Waals surface area contributed by atoms with Gasteiger partial charge in [-0.2, -0.15) is 0 Å². The van der Waals surface area contributed by atoms with Crippen molar-refractivity contribution in [3.05, 3.63) is 87.8 Å². The molecule has 3 aromatic rings. The Morgan fingerprint density at radius 1 is 1.08 bits per heavy atom. The van der Waals surface area contributed by atoms with Gasteiger partial charge in [-0.15, -0.1) is 0 Å². The van der Waals surface area contributed by atoms with E-state index in [4.69, 9.17) is 26.4 Å².